The summed E-state index contributed by atoms with van der Waals surface area (Å²) in [5.74, 6) is -1.34. The molecule has 1 saturated heterocycles. The first kappa shape index (κ1) is 16.5. The van der Waals surface area contributed by atoms with Crippen LogP contribution in [0.4, 0.5) is 0 Å². The van der Waals surface area contributed by atoms with Gasteiger partial charge in [0.1, 0.15) is 6.61 Å². The van der Waals surface area contributed by atoms with Gasteiger partial charge in [-0.15, -0.1) is 0 Å². The topological polar surface area (TPSA) is 66.8 Å². The molecule has 0 bridgehead atoms. The van der Waals surface area contributed by atoms with Crippen LogP contribution in [0.5, 0.6) is 0 Å². The highest BCUT2D eigenvalue weighted by atomic mass is 35.5. The Morgan fingerprint density at radius 2 is 1.96 bits per heavy atom. The number of carbonyl (C=O) groups excluding carboxylic acids is 1. The summed E-state index contributed by atoms with van der Waals surface area (Å²) in [6, 6.07) is 15.5. The van der Waals surface area contributed by atoms with E-state index in [0.29, 0.717) is 5.02 Å². The van der Waals surface area contributed by atoms with E-state index >= 15 is 0 Å². The predicted octanol–water partition coefficient (Wildman–Crippen LogP) is 2.89. The van der Waals surface area contributed by atoms with Crippen molar-refractivity contribution in [2.24, 2.45) is 0 Å². The maximum atomic E-state index is 12.4. The molecule has 3 rings (SSSR count). The second-order valence-electron chi connectivity index (χ2n) is 5.58. The van der Waals surface area contributed by atoms with Crippen LogP contribution in [0.25, 0.3) is 0 Å². The van der Waals surface area contributed by atoms with E-state index in [1.165, 1.54) is 0 Å². The van der Waals surface area contributed by atoms with E-state index in [1.54, 1.807) is 35.2 Å². The SMILES string of the molecule is O=C(O)[C@H]1OCC(=O)N(Cc2cccc(Cl)c2)[C@@H]1c1ccccc1. The van der Waals surface area contributed by atoms with E-state index in [9.17, 15) is 14.7 Å². The van der Waals surface area contributed by atoms with Gasteiger partial charge in [0, 0.05) is 11.6 Å². The predicted molar refractivity (Wildman–Crippen MR) is 88.6 cm³/mol. The van der Waals surface area contributed by atoms with Crippen molar-refractivity contribution in [3.63, 3.8) is 0 Å². The zero-order valence-corrected chi connectivity index (χ0v) is 13.5. The Kier molecular flexibility index (Phi) is 4.83. The summed E-state index contributed by atoms with van der Waals surface area (Å²) in [6.07, 6.45) is -1.11. The van der Waals surface area contributed by atoms with Crippen molar-refractivity contribution < 1.29 is 19.4 Å². The number of ether oxygens (including phenoxy) is 1. The van der Waals surface area contributed by atoms with Gasteiger partial charge in [0.15, 0.2) is 6.10 Å². The van der Waals surface area contributed by atoms with E-state index < -0.39 is 18.1 Å². The number of amides is 1. The van der Waals surface area contributed by atoms with Gasteiger partial charge in [-0.2, -0.15) is 0 Å². The third-order valence-electron chi connectivity index (χ3n) is 3.96. The molecule has 1 aliphatic rings. The smallest absolute Gasteiger partial charge is 0.335 e. The number of carbonyl (C=O) groups is 2. The Morgan fingerprint density at radius 3 is 2.62 bits per heavy atom. The van der Waals surface area contributed by atoms with Gasteiger partial charge in [0.2, 0.25) is 5.91 Å². The molecule has 1 fully saturated rings. The number of hydrogen-bond acceptors (Lipinski definition) is 3. The van der Waals surface area contributed by atoms with Gasteiger partial charge in [-0.25, -0.2) is 4.79 Å². The van der Waals surface area contributed by atoms with Crippen LogP contribution < -0.4 is 0 Å². The van der Waals surface area contributed by atoms with Crippen LogP contribution in [0.2, 0.25) is 5.02 Å². The van der Waals surface area contributed by atoms with Gasteiger partial charge in [-0.05, 0) is 23.3 Å². The molecular formula is C18H16ClNO4. The number of morpholine rings is 1. The quantitative estimate of drug-likeness (QED) is 0.925. The van der Waals surface area contributed by atoms with E-state index in [0.717, 1.165) is 11.1 Å². The number of carboxylic acids is 1. The number of nitrogens with zero attached hydrogens (tertiary/aromatic N) is 1. The molecule has 1 N–H and O–H groups in total. The molecule has 1 aliphatic heterocycles. The lowest BCUT2D eigenvalue weighted by molar-refractivity contribution is -0.174. The fourth-order valence-corrected chi connectivity index (χ4v) is 3.10. The van der Waals surface area contributed by atoms with Crippen molar-refractivity contribution in [2.45, 2.75) is 18.7 Å². The molecule has 0 saturated carbocycles. The van der Waals surface area contributed by atoms with Crippen LogP contribution in [-0.4, -0.2) is 34.6 Å². The van der Waals surface area contributed by atoms with Crippen LogP contribution in [0.1, 0.15) is 17.2 Å². The fourth-order valence-electron chi connectivity index (χ4n) is 2.88. The van der Waals surface area contributed by atoms with Crippen LogP contribution in [0.15, 0.2) is 54.6 Å². The van der Waals surface area contributed by atoms with Crippen LogP contribution in [0, 0.1) is 0 Å². The zero-order chi connectivity index (χ0) is 17.1. The molecular weight excluding hydrogens is 330 g/mol. The normalized spacial score (nSPS) is 20.9. The average molecular weight is 346 g/mol. The van der Waals surface area contributed by atoms with Crippen LogP contribution >= 0.6 is 11.6 Å². The summed E-state index contributed by atoms with van der Waals surface area (Å²) in [7, 11) is 0. The molecule has 1 amide bonds. The highest BCUT2D eigenvalue weighted by Crippen LogP contribution is 2.32. The summed E-state index contributed by atoms with van der Waals surface area (Å²) in [5.41, 5.74) is 1.56. The van der Waals surface area contributed by atoms with Gasteiger partial charge in [0.05, 0.1) is 6.04 Å². The number of rotatable bonds is 4. The average Bonchev–Trinajstić information content (AvgIpc) is 2.57. The van der Waals surface area contributed by atoms with Crippen LogP contribution in [0.3, 0.4) is 0 Å². The highest BCUT2D eigenvalue weighted by Gasteiger charge is 2.41. The molecule has 0 unspecified atom stereocenters. The first-order valence-corrected chi connectivity index (χ1v) is 7.87. The fraction of sp³-hybridized carbons (Fsp3) is 0.222. The van der Waals surface area contributed by atoms with Crippen molar-refractivity contribution in [3.05, 3.63) is 70.7 Å². The third kappa shape index (κ3) is 3.42. The number of hydrogen-bond donors (Lipinski definition) is 1. The first-order valence-electron chi connectivity index (χ1n) is 7.49. The molecule has 0 aliphatic carbocycles. The minimum Gasteiger partial charge on any atom is -0.479 e. The molecule has 6 heteroatoms. The lowest BCUT2D eigenvalue weighted by Crippen LogP contribution is -2.51. The molecule has 0 radical (unpaired) electrons. The lowest BCUT2D eigenvalue weighted by Gasteiger charge is -2.39. The van der Waals surface area contributed by atoms with E-state index in [2.05, 4.69) is 0 Å². The van der Waals surface area contributed by atoms with Gasteiger partial charge in [0.25, 0.3) is 0 Å². The molecule has 124 valence electrons. The van der Waals surface area contributed by atoms with Gasteiger partial charge < -0.3 is 14.7 Å². The minimum atomic E-state index is -1.11. The zero-order valence-electron chi connectivity index (χ0n) is 12.8. The van der Waals surface area contributed by atoms with E-state index in [-0.39, 0.29) is 19.1 Å². The van der Waals surface area contributed by atoms with Crippen LogP contribution in [-0.2, 0) is 20.9 Å². The first-order chi connectivity index (χ1) is 11.6. The van der Waals surface area contributed by atoms with Crippen molar-refractivity contribution in [1.82, 2.24) is 4.90 Å². The molecule has 2 atom stereocenters. The van der Waals surface area contributed by atoms with E-state index in [1.807, 2.05) is 24.3 Å². The van der Waals surface area contributed by atoms with Gasteiger partial charge in [-0.3, -0.25) is 4.79 Å². The Hall–Kier alpha value is -2.37. The summed E-state index contributed by atoms with van der Waals surface area (Å²) >= 11 is 6.01. The van der Waals surface area contributed by atoms with Crippen molar-refractivity contribution >= 4 is 23.5 Å². The molecule has 2 aromatic carbocycles. The monoisotopic (exact) mass is 345 g/mol. The number of halogens is 1. The van der Waals surface area contributed by atoms with Crippen molar-refractivity contribution in [2.75, 3.05) is 6.61 Å². The maximum Gasteiger partial charge on any atom is 0.335 e. The van der Waals surface area contributed by atoms with Gasteiger partial charge in [-0.1, -0.05) is 54.1 Å². The maximum absolute atomic E-state index is 12.4. The standard InChI is InChI=1S/C18H16ClNO4/c19-14-8-4-5-12(9-14)10-20-15(21)11-24-17(18(22)23)16(20)13-6-2-1-3-7-13/h1-9,16-17H,10-11H2,(H,22,23)/t16-,17+/m1/s1. The van der Waals surface area contributed by atoms with Crippen molar-refractivity contribution in [1.29, 1.82) is 0 Å². The Bertz CT molecular complexity index is 750. The highest BCUT2D eigenvalue weighted by molar-refractivity contribution is 6.30. The summed E-state index contributed by atoms with van der Waals surface area (Å²) in [4.78, 5) is 25.6. The lowest BCUT2D eigenvalue weighted by atomic mass is 9.97. The number of aliphatic carboxylic acids is 1. The summed E-state index contributed by atoms with van der Waals surface area (Å²) < 4.78 is 5.29. The Labute approximate surface area is 144 Å². The second-order valence-corrected chi connectivity index (χ2v) is 6.01. The molecule has 1 heterocycles. The summed E-state index contributed by atoms with van der Waals surface area (Å²) in [6.45, 7) is 0.0208. The number of benzene rings is 2. The van der Waals surface area contributed by atoms with E-state index in [4.69, 9.17) is 16.3 Å². The molecule has 0 aromatic heterocycles. The van der Waals surface area contributed by atoms with Crippen molar-refractivity contribution in [3.8, 4) is 0 Å². The molecule has 2 aromatic rings. The van der Waals surface area contributed by atoms with Gasteiger partial charge >= 0.3 is 5.97 Å². The second kappa shape index (κ2) is 7.03. The Balaban J connectivity index is 1.98. The molecule has 0 spiro atoms. The summed E-state index contributed by atoms with van der Waals surface area (Å²) in [5, 5.41) is 10.1. The third-order valence-corrected chi connectivity index (χ3v) is 4.19. The Morgan fingerprint density at radius 1 is 1.21 bits per heavy atom. The molecule has 5 nitrogen and oxygen atoms in total. The molecule has 24 heavy (non-hydrogen) atoms. The number of carboxylic acid groups (broad SMARTS) is 1. The minimum absolute atomic E-state index is 0.249. The largest absolute Gasteiger partial charge is 0.479 e.